The van der Waals surface area contributed by atoms with Crippen LogP contribution in [-0.2, 0) is 4.79 Å². The predicted molar refractivity (Wildman–Crippen MR) is 65.9 cm³/mol. The van der Waals surface area contributed by atoms with Crippen LogP contribution in [0.3, 0.4) is 0 Å². The lowest BCUT2D eigenvalue weighted by molar-refractivity contribution is -0.133. The second kappa shape index (κ2) is 4.75. The van der Waals surface area contributed by atoms with E-state index in [1.165, 1.54) is 6.42 Å². The molecular formula is C11H19N5O. The minimum Gasteiger partial charge on any atom is -0.384 e. The number of nitrogens with zero attached hydrogens (tertiary/aromatic N) is 2. The molecule has 0 aromatic carbocycles. The van der Waals surface area contributed by atoms with Gasteiger partial charge in [-0.2, -0.15) is 0 Å². The number of nitrogens with two attached hydrogens (primary N) is 2. The highest BCUT2D eigenvalue weighted by atomic mass is 16.2. The van der Waals surface area contributed by atoms with Gasteiger partial charge in [-0.05, 0) is 25.3 Å². The molecule has 5 N–H and O–H groups in total. The number of piperidine rings is 1. The summed E-state index contributed by atoms with van der Waals surface area (Å²) in [4.78, 5) is 18.0. The Morgan fingerprint density at radius 1 is 1.47 bits per heavy atom. The number of hydrogen-bond acceptors (Lipinski definition) is 5. The first kappa shape index (κ1) is 11.9. The Balaban J connectivity index is 1.95. The van der Waals surface area contributed by atoms with Crippen molar-refractivity contribution in [3.63, 3.8) is 0 Å². The number of carbonyl (C=O) groups is 1. The van der Waals surface area contributed by atoms with Gasteiger partial charge in [0, 0.05) is 19.3 Å². The van der Waals surface area contributed by atoms with Crippen LogP contribution in [0.1, 0.15) is 25.7 Å². The molecule has 1 saturated heterocycles. The summed E-state index contributed by atoms with van der Waals surface area (Å²) in [6.45, 7) is 1.65. The predicted octanol–water partition coefficient (Wildman–Crippen LogP) is -0.524. The van der Waals surface area contributed by atoms with E-state index in [0.717, 1.165) is 25.9 Å². The molecule has 0 radical (unpaired) electrons. The number of likely N-dealkylation sites (tertiary alicyclic amines) is 1. The minimum atomic E-state index is -1.09. The molecular weight excluding hydrogens is 218 g/mol. The smallest absolute Gasteiger partial charge is 0.228 e. The average Bonchev–Trinajstić information content (AvgIpc) is 2.29. The molecule has 1 atom stereocenters. The van der Waals surface area contributed by atoms with E-state index in [4.69, 9.17) is 11.5 Å². The van der Waals surface area contributed by atoms with E-state index in [0.29, 0.717) is 5.84 Å². The maximum absolute atomic E-state index is 12.0. The Hall–Kier alpha value is -1.56. The molecule has 1 amide bonds. The summed E-state index contributed by atoms with van der Waals surface area (Å²) < 4.78 is 0. The molecule has 94 valence electrons. The summed E-state index contributed by atoms with van der Waals surface area (Å²) in [5, 5.41) is 2.88. The Morgan fingerprint density at radius 2 is 2.18 bits per heavy atom. The molecule has 0 aromatic rings. The summed E-state index contributed by atoms with van der Waals surface area (Å²) in [7, 11) is 0. The third kappa shape index (κ3) is 2.97. The molecule has 2 aliphatic rings. The van der Waals surface area contributed by atoms with Crippen molar-refractivity contribution in [2.75, 3.05) is 13.1 Å². The van der Waals surface area contributed by atoms with Crippen molar-refractivity contribution in [1.82, 2.24) is 10.2 Å². The molecule has 0 saturated carbocycles. The third-order valence-electron chi connectivity index (χ3n) is 3.05. The van der Waals surface area contributed by atoms with Crippen LogP contribution in [0.2, 0.25) is 0 Å². The van der Waals surface area contributed by atoms with Crippen molar-refractivity contribution >= 4 is 11.7 Å². The molecule has 0 bridgehead atoms. The van der Waals surface area contributed by atoms with Crippen molar-refractivity contribution in [1.29, 1.82) is 0 Å². The lowest BCUT2D eigenvalue weighted by Crippen LogP contribution is -2.55. The van der Waals surface area contributed by atoms with Gasteiger partial charge in [-0.3, -0.25) is 10.5 Å². The topological polar surface area (TPSA) is 96.7 Å². The fourth-order valence-corrected chi connectivity index (χ4v) is 2.15. The van der Waals surface area contributed by atoms with Crippen LogP contribution in [0.25, 0.3) is 0 Å². The van der Waals surface area contributed by atoms with Crippen molar-refractivity contribution in [3.8, 4) is 0 Å². The number of nitrogens with one attached hydrogen (secondary N) is 1. The molecule has 17 heavy (non-hydrogen) atoms. The van der Waals surface area contributed by atoms with E-state index >= 15 is 0 Å². The number of rotatable bonds is 2. The second-order valence-corrected chi connectivity index (χ2v) is 4.56. The van der Waals surface area contributed by atoms with Gasteiger partial charge in [-0.15, -0.1) is 0 Å². The summed E-state index contributed by atoms with van der Waals surface area (Å²) in [5.41, 5.74) is 11.6. The molecule has 6 nitrogen and oxygen atoms in total. The molecule has 0 aromatic heterocycles. The summed E-state index contributed by atoms with van der Waals surface area (Å²) in [6.07, 6.45) is 6.73. The van der Waals surface area contributed by atoms with Crippen LogP contribution in [0.15, 0.2) is 17.3 Å². The monoisotopic (exact) mass is 237 g/mol. The van der Waals surface area contributed by atoms with Crippen molar-refractivity contribution in [3.05, 3.63) is 12.3 Å². The normalized spacial score (nSPS) is 28.5. The van der Waals surface area contributed by atoms with E-state index in [1.807, 2.05) is 4.90 Å². The minimum absolute atomic E-state index is 0.0338. The lowest BCUT2D eigenvalue weighted by atomic mass is 10.1. The fraction of sp³-hybridized carbons (Fsp3) is 0.636. The molecule has 0 spiro atoms. The second-order valence-electron chi connectivity index (χ2n) is 4.56. The van der Waals surface area contributed by atoms with Crippen LogP contribution in [0.4, 0.5) is 0 Å². The van der Waals surface area contributed by atoms with Crippen molar-refractivity contribution in [2.24, 2.45) is 16.5 Å². The van der Waals surface area contributed by atoms with Crippen LogP contribution >= 0.6 is 0 Å². The standard InChI is InChI=1S/C11H19N5O/c12-9-4-5-14-11(13,15-9)8-10(17)16-6-2-1-3-7-16/h4-5,14H,1-3,6-8,13H2,(H2,12,15). The van der Waals surface area contributed by atoms with Gasteiger partial charge in [-0.25, -0.2) is 4.99 Å². The van der Waals surface area contributed by atoms with Crippen LogP contribution < -0.4 is 16.8 Å². The maximum Gasteiger partial charge on any atom is 0.228 e. The van der Waals surface area contributed by atoms with E-state index < -0.39 is 5.79 Å². The Labute approximate surface area is 101 Å². The van der Waals surface area contributed by atoms with Gasteiger partial charge >= 0.3 is 0 Å². The third-order valence-corrected chi connectivity index (χ3v) is 3.05. The van der Waals surface area contributed by atoms with Gasteiger partial charge in [0.1, 0.15) is 5.84 Å². The highest BCUT2D eigenvalue weighted by Crippen LogP contribution is 2.15. The Morgan fingerprint density at radius 3 is 2.82 bits per heavy atom. The van der Waals surface area contributed by atoms with Gasteiger partial charge in [0.05, 0.1) is 6.42 Å². The largest absolute Gasteiger partial charge is 0.384 e. The zero-order valence-corrected chi connectivity index (χ0v) is 9.85. The van der Waals surface area contributed by atoms with Gasteiger partial charge in [0.2, 0.25) is 5.91 Å². The number of amidine groups is 1. The number of hydrogen-bond donors (Lipinski definition) is 3. The van der Waals surface area contributed by atoms with E-state index in [1.54, 1.807) is 12.3 Å². The first-order valence-electron chi connectivity index (χ1n) is 5.95. The van der Waals surface area contributed by atoms with Gasteiger partial charge < -0.3 is 16.0 Å². The molecule has 1 unspecified atom stereocenters. The molecule has 2 rings (SSSR count). The van der Waals surface area contributed by atoms with E-state index in [2.05, 4.69) is 10.3 Å². The highest BCUT2D eigenvalue weighted by molar-refractivity contribution is 5.92. The number of carbonyl (C=O) groups excluding carboxylic acids is 1. The Bertz CT molecular complexity index is 359. The quantitative estimate of drug-likeness (QED) is 0.602. The number of amides is 1. The SMILES string of the molecule is NC1=NC(N)(CC(=O)N2CCCCC2)NC=C1. The molecule has 2 aliphatic heterocycles. The summed E-state index contributed by atoms with van der Waals surface area (Å²) in [5.74, 6) is -0.711. The first-order valence-corrected chi connectivity index (χ1v) is 5.95. The van der Waals surface area contributed by atoms with Crippen molar-refractivity contribution in [2.45, 2.75) is 31.5 Å². The maximum atomic E-state index is 12.0. The average molecular weight is 237 g/mol. The molecule has 6 heteroatoms. The van der Waals surface area contributed by atoms with Crippen molar-refractivity contribution < 1.29 is 4.79 Å². The molecule has 1 fully saturated rings. The summed E-state index contributed by atoms with van der Waals surface area (Å²) >= 11 is 0. The number of aliphatic imine (C=N–C) groups is 1. The van der Waals surface area contributed by atoms with Gasteiger partial charge in [-0.1, -0.05) is 0 Å². The highest BCUT2D eigenvalue weighted by Gasteiger charge is 2.30. The van der Waals surface area contributed by atoms with Crippen LogP contribution in [0, 0.1) is 0 Å². The van der Waals surface area contributed by atoms with E-state index in [-0.39, 0.29) is 12.3 Å². The first-order chi connectivity index (χ1) is 8.09. The van der Waals surface area contributed by atoms with E-state index in [9.17, 15) is 4.79 Å². The van der Waals surface area contributed by atoms with Gasteiger partial charge in [0.25, 0.3) is 0 Å². The summed E-state index contributed by atoms with van der Waals surface area (Å²) in [6, 6.07) is 0. The molecule has 0 aliphatic carbocycles. The zero-order valence-electron chi connectivity index (χ0n) is 9.85. The zero-order chi connectivity index (χ0) is 12.3. The van der Waals surface area contributed by atoms with Gasteiger partial charge in [0.15, 0.2) is 5.79 Å². The fourth-order valence-electron chi connectivity index (χ4n) is 2.15. The molecule has 2 heterocycles. The van der Waals surface area contributed by atoms with Crippen LogP contribution in [0.5, 0.6) is 0 Å². The lowest BCUT2D eigenvalue weighted by Gasteiger charge is -2.32. The Kier molecular flexibility index (Phi) is 3.33. The van der Waals surface area contributed by atoms with Crippen LogP contribution in [-0.4, -0.2) is 35.5 Å².